The molecule has 0 aliphatic carbocycles. The number of hydrogen-bond donors (Lipinski definition) is 2. The van der Waals surface area contributed by atoms with Gasteiger partial charge in [0, 0.05) is 13.1 Å². The summed E-state index contributed by atoms with van der Waals surface area (Å²) in [5.74, 6) is 0. The van der Waals surface area contributed by atoms with Crippen LogP contribution in [0.4, 0.5) is 4.79 Å². The van der Waals surface area contributed by atoms with Crippen LogP contribution >= 0.6 is 0 Å². The van der Waals surface area contributed by atoms with Crippen LogP contribution in [-0.2, 0) is 9.47 Å². The first-order chi connectivity index (χ1) is 8.72. The predicted octanol–water partition coefficient (Wildman–Crippen LogP) is 0.345. The van der Waals surface area contributed by atoms with E-state index in [4.69, 9.17) is 9.47 Å². The van der Waals surface area contributed by atoms with Crippen LogP contribution in [0.2, 0.25) is 0 Å². The average molecular weight is 272 g/mol. The Hall–Kier alpha value is -0.850. The number of hydrogen-bond acceptors (Lipinski definition) is 5. The Morgan fingerprint density at radius 3 is 2.79 bits per heavy atom. The van der Waals surface area contributed by atoms with Gasteiger partial charge in [-0.15, -0.1) is 0 Å². The van der Waals surface area contributed by atoms with Crippen molar-refractivity contribution in [3.8, 4) is 0 Å². The lowest BCUT2D eigenvalue weighted by molar-refractivity contribution is -0.0785. The van der Waals surface area contributed by atoms with E-state index in [-0.39, 0.29) is 6.04 Å². The molecule has 6 nitrogen and oxygen atoms in total. The molecular formula is C13H24N2O4. The Morgan fingerprint density at radius 1 is 1.53 bits per heavy atom. The Labute approximate surface area is 114 Å². The molecule has 0 unspecified atom stereocenters. The van der Waals surface area contributed by atoms with Crippen molar-refractivity contribution in [2.24, 2.45) is 0 Å². The molecule has 2 heterocycles. The van der Waals surface area contributed by atoms with Gasteiger partial charge in [0.15, 0.2) is 0 Å². The standard InChI is InChI=1S/C13H24N2O4/c1-12(2,3)19-11(17)14-9-7-15-5-6-18-8-13(15,4)10(9)16/h9-10,16H,5-8H2,1-4H3,(H,14,17)/t9-,10+,13-/m1/s1. The van der Waals surface area contributed by atoms with Crippen LogP contribution < -0.4 is 5.32 Å². The second-order valence-corrected chi connectivity index (χ2v) is 6.55. The zero-order valence-corrected chi connectivity index (χ0v) is 12.1. The Balaban J connectivity index is 1.97. The zero-order chi connectivity index (χ0) is 14.3. The zero-order valence-electron chi connectivity index (χ0n) is 12.1. The van der Waals surface area contributed by atoms with Crippen LogP contribution in [0, 0.1) is 0 Å². The molecule has 2 rings (SSSR count). The third-order valence-corrected chi connectivity index (χ3v) is 3.76. The second-order valence-electron chi connectivity index (χ2n) is 6.55. The monoisotopic (exact) mass is 272 g/mol. The number of aliphatic hydroxyl groups is 1. The molecule has 1 amide bonds. The van der Waals surface area contributed by atoms with E-state index in [1.165, 1.54) is 0 Å². The third-order valence-electron chi connectivity index (χ3n) is 3.76. The van der Waals surface area contributed by atoms with Crippen molar-refractivity contribution in [2.45, 2.75) is 51.0 Å². The van der Waals surface area contributed by atoms with Gasteiger partial charge in [-0.3, -0.25) is 4.90 Å². The maximum absolute atomic E-state index is 11.8. The van der Waals surface area contributed by atoms with Crippen molar-refractivity contribution in [2.75, 3.05) is 26.3 Å². The molecule has 0 aromatic heterocycles. The number of amides is 1. The number of ether oxygens (including phenoxy) is 2. The molecular weight excluding hydrogens is 248 g/mol. The summed E-state index contributed by atoms with van der Waals surface area (Å²) in [7, 11) is 0. The topological polar surface area (TPSA) is 71.0 Å². The van der Waals surface area contributed by atoms with E-state index in [9.17, 15) is 9.90 Å². The van der Waals surface area contributed by atoms with Crippen LogP contribution in [0.5, 0.6) is 0 Å². The Bertz CT molecular complexity index is 355. The molecule has 2 saturated heterocycles. The van der Waals surface area contributed by atoms with Gasteiger partial charge in [0.2, 0.25) is 0 Å². The van der Waals surface area contributed by atoms with Crippen LogP contribution in [0.15, 0.2) is 0 Å². The molecule has 3 atom stereocenters. The number of nitrogens with zero attached hydrogens (tertiary/aromatic N) is 1. The highest BCUT2D eigenvalue weighted by molar-refractivity contribution is 5.68. The number of nitrogens with one attached hydrogen (secondary N) is 1. The van der Waals surface area contributed by atoms with E-state index in [1.54, 1.807) is 0 Å². The van der Waals surface area contributed by atoms with Gasteiger partial charge in [-0.05, 0) is 27.7 Å². The van der Waals surface area contributed by atoms with E-state index in [2.05, 4.69) is 10.2 Å². The van der Waals surface area contributed by atoms with Crippen LogP contribution in [0.1, 0.15) is 27.7 Å². The molecule has 110 valence electrons. The predicted molar refractivity (Wildman–Crippen MR) is 70.0 cm³/mol. The van der Waals surface area contributed by atoms with Gasteiger partial charge < -0.3 is 19.9 Å². The van der Waals surface area contributed by atoms with Crippen molar-refractivity contribution in [1.29, 1.82) is 0 Å². The average Bonchev–Trinajstić information content (AvgIpc) is 2.50. The van der Waals surface area contributed by atoms with Gasteiger partial charge in [0.05, 0.1) is 30.9 Å². The van der Waals surface area contributed by atoms with E-state index in [1.807, 2.05) is 27.7 Å². The van der Waals surface area contributed by atoms with Gasteiger partial charge >= 0.3 is 6.09 Å². The summed E-state index contributed by atoms with van der Waals surface area (Å²) < 4.78 is 10.7. The number of morpholine rings is 1. The lowest BCUT2D eigenvalue weighted by atomic mass is 9.94. The summed E-state index contributed by atoms with van der Waals surface area (Å²) in [5.41, 5.74) is -0.953. The minimum Gasteiger partial charge on any atom is -0.444 e. The highest BCUT2D eigenvalue weighted by Gasteiger charge is 2.52. The van der Waals surface area contributed by atoms with Crippen molar-refractivity contribution in [3.63, 3.8) is 0 Å². The molecule has 2 aliphatic heterocycles. The summed E-state index contributed by atoms with van der Waals surface area (Å²) in [4.78, 5) is 13.9. The maximum Gasteiger partial charge on any atom is 0.408 e. The van der Waals surface area contributed by atoms with E-state index < -0.39 is 23.3 Å². The fourth-order valence-corrected chi connectivity index (χ4v) is 2.73. The molecule has 6 heteroatoms. The Kier molecular flexibility index (Phi) is 3.77. The molecule has 0 spiro atoms. The maximum atomic E-state index is 11.8. The smallest absolute Gasteiger partial charge is 0.408 e. The molecule has 2 N–H and O–H groups in total. The number of alkyl carbamates (subject to hydrolysis) is 1. The number of aliphatic hydroxyl groups excluding tert-OH is 1. The largest absolute Gasteiger partial charge is 0.444 e. The summed E-state index contributed by atoms with van der Waals surface area (Å²) in [5, 5.41) is 13.2. The van der Waals surface area contributed by atoms with Gasteiger partial charge in [-0.2, -0.15) is 0 Å². The highest BCUT2D eigenvalue weighted by atomic mass is 16.6. The van der Waals surface area contributed by atoms with Crippen molar-refractivity contribution < 1.29 is 19.4 Å². The fourth-order valence-electron chi connectivity index (χ4n) is 2.73. The Morgan fingerprint density at radius 2 is 2.21 bits per heavy atom. The summed E-state index contributed by atoms with van der Waals surface area (Å²) >= 11 is 0. The fraction of sp³-hybridized carbons (Fsp3) is 0.923. The van der Waals surface area contributed by atoms with Crippen LogP contribution in [0.3, 0.4) is 0 Å². The highest BCUT2D eigenvalue weighted by Crippen LogP contribution is 2.32. The number of rotatable bonds is 1. The van der Waals surface area contributed by atoms with E-state index >= 15 is 0 Å². The molecule has 2 fully saturated rings. The van der Waals surface area contributed by atoms with Crippen LogP contribution in [0.25, 0.3) is 0 Å². The second kappa shape index (κ2) is 4.92. The minimum absolute atomic E-state index is 0.318. The quantitative estimate of drug-likeness (QED) is 0.720. The van der Waals surface area contributed by atoms with E-state index in [0.29, 0.717) is 19.8 Å². The van der Waals surface area contributed by atoms with Crippen molar-refractivity contribution in [1.82, 2.24) is 10.2 Å². The number of fused-ring (bicyclic) bond motifs is 1. The lowest BCUT2D eigenvalue weighted by Gasteiger charge is -2.40. The first kappa shape index (κ1) is 14.6. The van der Waals surface area contributed by atoms with Crippen molar-refractivity contribution in [3.05, 3.63) is 0 Å². The molecule has 19 heavy (non-hydrogen) atoms. The van der Waals surface area contributed by atoms with Gasteiger partial charge in [-0.25, -0.2) is 4.79 Å². The number of carbonyl (C=O) groups excluding carboxylic acids is 1. The summed E-state index contributed by atoms with van der Waals surface area (Å²) in [6.45, 7) is 9.97. The van der Waals surface area contributed by atoms with Crippen molar-refractivity contribution >= 4 is 6.09 Å². The molecule has 0 aromatic rings. The van der Waals surface area contributed by atoms with Gasteiger partial charge in [0.1, 0.15) is 5.60 Å². The molecule has 0 saturated carbocycles. The first-order valence-corrected chi connectivity index (χ1v) is 6.73. The molecule has 0 aromatic carbocycles. The van der Waals surface area contributed by atoms with Gasteiger partial charge in [0.25, 0.3) is 0 Å². The molecule has 2 aliphatic rings. The first-order valence-electron chi connectivity index (χ1n) is 6.73. The third kappa shape index (κ3) is 3.01. The van der Waals surface area contributed by atoms with Gasteiger partial charge in [-0.1, -0.05) is 0 Å². The molecule has 0 bridgehead atoms. The van der Waals surface area contributed by atoms with E-state index in [0.717, 1.165) is 6.54 Å². The SMILES string of the molecule is CC(C)(C)OC(=O)N[C@@H]1CN2CCOC[C@]2(C)[C@H]1O. The molecule has 0 radical (unpaired) electrons. The number of carbonyl (C=O) groups is 1. The summed E-state index contributed by atoms with van der Waals surface area (Å²) in [6.07, 6.45) is -1.14. The van der Waals surface area contributed by atoms with Crippen LogP contribution in [-0.4, -0.2) is 65.7 Å². The minimum atomic E-state index is -0.652. The summed E-state index contributed by atoms with van der Waals surface area (Å²) in [6, 6.07) is -0.318. The normalized spacial score (nSPS) is 35.8. The lowest BCUT2D eigenvalue weighted by Crippen LogP contribution is -2.57.